The van der Waals surface area contributed by atoms with E-state index in [1.807, 2.05) is 38.1 Å². The van der Waals surface area contributed by atoms with Gasteiger partial charge in [-0.3, -0.25) is 4.79 Å². The number of aromatic nitrogens is 2. The maximum Gasteiger partial charge on any atom is 0.251 e. The number of rotatable bonds is 7. The number of carbonyl (C=O) groups excluding carboxylic acids is 1. The lowest BCUT2D eigenvalue weighted by molar-refractivity contribution is 0.0952. The number of hydrogen-bond acceptors (Lipinski definition) is 5. The Balaban J connectivity index is 1.46. The highest BCUT2D eigenvalue weighted by Crippen LogP contribution is 2.15. The topological polar surface area (TPSA) is 70.2 Å². The summed E-state index contributed by atoms with van der Waals surface area (Å²) in [5.74, 6) is 0.535. The van der Waals surface area contributed by atoms with Crippen molar-refractivity contribution in [3.05, 3.63) is 47.3 Å². The molecule has 6 nitrogen and oxygen atoms in total. The minimum atomic E-state index is -0.0274. The highest BCUT2D eigenvalue weighted by molar-refractivity contribution is 5.94. The molecule has 0 bridgehead atoms. The number of aryl methyl sites for hydroxylation is 2. The van der Waals surface area contributed by atoms with Crippen LogP contribution in [0.15, 0.2) is 30.5 Å². The summed E-state index contributed by atoms with van der Waals surface area (Å²) < 4.78 is 0. The van der Waals surface area contributed by atoms with Gasteiger partial charge in [0.1, 0.15) is 0 Å². The molecule has 1 fully saturated rings. The Morgan fingerprint density at radius 1 is 1.15 bits per heavy atom. The van der Waals surface area contributed by atoms with E-state index in [4.69, 9.17) is 0 Å². The largest absolute Gasteiger partial charge is 0.352 e. The van der Waals surface area contributed by atoms with E-state index in [9.17, 15) is 4.79 Å². The number of nitrogens with one attached hydrogen (secondary N) is 2. The molecule has 26 heavy (non-hydrogen) atoms. The van der Waals surface area contributed by atoms with Gasteiger partial charge in [-0.25, -0.2) is 9.97 Å². The van der Waals surface area contributed by atoms with Crippen molar-refractivity contribution in [3.63, 3.8) is 0 Å². The first-order valence-corrected chi connectivity index (χ1v) is 9.30. The second-order valence-electron chi connectivity index (χ2n) is 6.82. The van der Waals surface area contributed by atoms with Gasteiger partial charge in [0.05, 0.1) is 0 Å². The second kappa shape index (κ2) is 8.76. The highest BCUT2D eigenvalue weighted by atomic mass is 16.1. The molecule has 6 heteroatoms. The zero-order valence-corrected chi connectivity index (χ0v) is 15.6. The van der Waals surface area contributed by atoms with Gasteiger partial charge in [-0.05, 0) is 82.6 Å². The lowest BCUT2D eigenvalue weighted by Gasteiger charge is -2.14. The molecule has 1 aliphatic heterocycles. The number of carbonyl (C=O) groups is 1. The molecule has 1 aliphatic rings. The maximum absolute atomic E-state index is 12.2. The lowest BCUT2D eigenvalue weighted by atomic mass is 10.2. The third-order valence-corrected chi connectivity index (χ3v) is 4.76. The first kappa shape index (κ1) is 18.3. The Bertz CT molecular complexity index is 738. The monoisotopic (exact) mass is 353 g/mol. The van der Waals surface area contributed by atoms with Crippen LogP contribution < -0.4 is 10.6 Å². The molecule has 3 rings (SSSR count). The summed E-state index contributed by atoms with van der Waals surface area (Å²) in [5, 5.41) is 6.16. The molecule has 2 N–H and O–H groups in total. The first-order valence-electron chi connectivity index (χ1n) is 9.30. The van der Waals surface area contributed by atoms with Gasteiger partial charge in [-0.2, -0.15) is 0 Å². The summed E-state index contributed by atoms with van der Waals surface area (Å²) in [5.41, 5.74) is 3.54. The number of nitrogens with zero attached hydrogens (tertiary/aromatic N) is 3. The normalized spacial score (nSPS) is 14.4. The Labute approximate surface area is 155 Å². The molecule has 0 aliphatic carbocycles. The van der Waals surface area contributed by atoms with Gasteiger partial charge >= 0.3 is 0 Å². The van der Waals surface area contributed by atoms with Crippen molar-refractivity contribution < 1.29 is 4.79 Å². The standard InChI is InChI=1S/C20H27N5O/c1-15-14-22-20(23-16(15)2)24-18-8-6-17(7-9-18)19(26)21-10-5-13-25-11-3-4-12-25/h6-9,14H,3-5,10-13H2,1-2H3,(H,21,26)(H,22,23,24). The fraction of sp³-hybridized carbons (Fsp3) is 0.450. The van der Waals surface area contributed by atoms with Crippen LogP contribution in [0.2, 0.25) is 0 Å². The summed E-state index contributed by atoms with van der Waals surface area (Å²) >= 11 is 0. The molecule has 2 aromatic rings. The highest BCUT2D eigenvalue weighted by Gasteiger charge is 2.11. The van der Waals surface area contributed by atoms with Crippen LogP contribution in [0, 0.1) is 13.8 Å². The Morgan fingerprint density at radius 2 is 1.88 bits per heavy atom. The number of amides is 1. The summed E-state index contributed by atoms with van der Waals surface area (Å²) in [4.78, 5) is 23.4. The zero-order valence-electron chi connectivity index (χ0n) is 15.6. The molecule has 2 heterocycles. The predicted octanol–water partition coefficient (Wildman–Crippen LogP) is 3.05. The fourth-order valence-electron chi connectivity index (χ4n) is 3.03. The molecule has 0 radical (unpaired) electrons. The second-order valence-corrected chi connectivity index (χ2v) is 6.82. The number of anilines is 2. The Morgan fingerprint density at radius 3 is 2.58 bits per heavy atom. The van der Waals surface area contributed by atoms with E-state index in [1.54, 1.807) is 6.20 Å². The number of benzene rings is 1. The molecular weight excluding hydrogens is 326 g/mol. The minimum absolute atomic E-state index is 0.0274. The molecule has 1 aromatic heterocycles. The van der Waals surface area contributed by atoms with Crippen LogP contribution >= 0.6 is 0 Å². The molecule has 1 aromatic carbocycles. The molecule has 0 unspecified atom stereocenters. The van der Waals surface area contributed by atoms with Crippen LogP contribution in [0.25, 0.3) is 0 Å². The van der Waals surface area contributed by atoms with E-state index in [0.29, 0.717) is 18.1 Å². The van der Waals surface area contributed by atoms with Crippen molar-refractivity contribution in [1.29, 1.82) is 0 Å². The summed E-state index contributed by atoms with van der Waals surface area (Å²) in [6, 6.07) is 7.38. The van der Waals surface area contributed by atoms with Gasteiger partial charge in [0.2, 0.25) is 5.95 Å². The minimum Gasteiger partial charge on any atom is -0.352 e. The van der Waals surface area contributed by atoms with Crippen molar-refractivity contribution in [3.8, 4) is 0 Å². The quantitative estimate of drug-likeness (QED) is 0.749. The van der Waals surface area contributed by atoms with Gasteiger partial charge in [-0.1, -0.05) is 0 Å². The van der Waals surface area contributed by atoms with Crippen LogP contribution in [-0.4, -0.2) is 47.0 Å². The van der Waals surface area contributed by atoms with E-state index in [0.717, 1.165) is 29.9 Å². The summed E-state index contributed by atoms with van der Waals surface area (Å²) in [6.07, 6.45) is 5.41. The smallest absolute Gasteiger partial charge is 0.251 e. The summed E-state index contributed by atoms with van der Waals surface area (Å²) in [7, 11) is 0. The lowest BCUT2D eigenvalue weighted by Crippen LogP contribution is -2.28. The third kappa shape index (κ3) is 5.02. The molecule has 0 atom stereocenters. The van der Waals surface area contributed by atoms with E-state index < -0.39 is 0 Å². The van der Waals surface area contributed by atoms with Crippen LogP contribution in [0.5, 0.6) is 0 Å². The van der Waals surface area contributed by atoms with Crippen molar-refractivity contribution in [1.82, 2.24) is 20.2 Å². The average Bonchev–Trinajstić information content (AvgIpc) is 3.16. The van der Waals surface area contributed by atoms with Crippen molar-refractivity contribution in [2.75, 3.05) is 31.5 Å². The third-order valence-electron chi connectivity index (χ3n) is 4.76. The maximum atomic E-state index is 12.2. The van der Waals surface area contributed by atoms with E-state index in [2.05, 4.69) is 25.5 Å². The number of hydrogen-bond donors (Lipinski definition) is 2. The van der Waals surface area contributed by atoms with Crippen molar-refractivity contribution in [2.45, 2.75) is 33.1 Å². The van der Waals surface area contributed by atoms with Gasteiger partial charge in [0, 0.05) is 29.7 Å². The van der Waals surface area contributed by atoms with E-state index >= 15 is 0 Å². The van der Waals surface area contributed by atoms with Crippen molar-refractivity contribution in [2.24, 2.45) is 0 Å². The van der Waals surface area contributed by atoms with Crippen LogP contribution in [0.4, 0.5) is 11.6 Å². The number of likely N-dealkylation sites (tertiary alicyclic amines) is 1. The molecule has 1 amide bonds. The predicted molar refractivity (Wildman–Crippen MR) is 104 cm³/mol. The van der Waals surface area contributed by atoms with Crippen LogP contribution in [0.3, 0.4) is 0 Å². The van der Waals surface area contributed by atoms with E-state index in [-0.39, 0.29) is 5.91 Å². The van der Waals surface area contributed by atoms with E-state index in [1.165, 1.54) is 25.9 Å². The Hall–Kier alpha value is -2.47. The Kier molecular flexibility index (Phi) is 6.17. The molecular formula is C20H27N5O. The average molecular weight is 353 g/mol. The van der Waals surface area contributed by atoms with Crippen LogP contribution in [0.1, 0.15) is 40.9 Å². The first-order chi connectivity index (χ1) is 12.6. The molecule has 138 valence electrons. The SMILES string of the molecule is Cc1cnc(Nc2ccc(C(=O)NCCCN3CCCC3)cc2)nc1C. The molecule has 0 saturated carbocycles. The molecule has 0 spiro atoms. The zero-order chi connectivity index (χ0) is 18.4. The van der Waals surface area contributed by atoms with Gasteiger partial charge in [0.25, 0.3) is 5.91 Å². The van der Waals surface area contributed by atoms with Crippen LogP contribution in [-0.2, 0) is 0 Å². The van der Waals surface area contributed by atoms with Gasteiger partial charge < -0.3 is 15.5 Å². The molecule has 1 saturated heterocycles. The summed E-state index contributed by atoms with van der Waals surface area (Å²) in [6.45, 7) is 8.13. The van der Waals surface area contributed by atoms with Gasteiger partial charge in [0.15, 0.2) is 0 Å². The fourth-order valence-corrected chi connectivity index (χ4v) is 3.03. The van der Waals surface area contributed by atoms with Gasteiger partial charge in [-0.15, -0.1) is 0 Å². The van der Waals surface area contributed by atoms with Crippen molar-refractivity contribution >= 4 is 17.5 Å².